The van der Waals surface area contributed by atoms with Crippen LogP contribution in [0.15, 0.2) is 16.9 Å². The second-order valence-electron chi connectivity index (χ2n) is 3.83. The van der Waals surface area contributed by atoms with Gasteiger partial charge in [0.25, 0.3) is 0 Å². The zero-order valence-corrected chi connectivity index (χ0v) is 11.0. The van der Waals surface area contributed by atoms with Crippen LogP contribution in [0, 0.1) is 0 Å². The summed E-state index contributed by atoms with van der Waals surface area (Å²) in [5.74, 6) is 0. The lowest BCUT2D eigenvalue weighted by Crippen LogP contribution is -2.24. The van der Waals surface area contributed by atoms with Gasteiger partial charge in [-0.25, -0.2) is 0 Å². The molecule has 0 radical (unpaired) electrons. The molecule has 0 saturated carbocycles. The summed E-state index contributed by atoms with van der Waals surface area (Å²) in [4.78, 5) is 2.20. The molecule has 0 aromatic carbocycles. The summed E-state index contributed by atoms with van der Waals surface area (Å²) in [7, 11) is 4.20. The zero-order valence-electron chi connectivity index (χ0n) is 9.41. The lowest BCUT2D eigenvalue weighted by Gasteiger charge is -2.09. The van der Waals surface area contributed by atoms with Crippen molar-refractivity contribution in [2.24, 2.45) is 0 Å². The minimum absolute atomic E-state index is 0.924. The first-order valence-electron chi connectivity index (χ1n) is 5.22. The first-order chi connectivity index (χ1) is 7.18. The number of aromatic nitrogens is 2. The van der Waals surface area contributed by atoms with E-state index in [1.165, 1.54) is 6.42 Å². The molecule has 0 aliphatic carbocycles. The highest BCUT2D eigenvalue weighted by atomic mass is 79.9. The lowest BCUT2D eigenvalue weighted by atomic mass is 10.4. The van der Waals surface area contributed by atoms with E-state index in [9.17, 15) is 0 Å². The smallest absolute Gasteiger partial charge is 0.0632 e. The third-order valence-electron chi connectivity index (χ3n) is 2.08. The van der Waals surface area contributed by atoms with E-state index in [4.69, 9.17) is 0 Å². The van der Waals surface area contributed by atoms with Crippen LogP contribution in [0.1, 0.15) is 6.42 Å². The minimum atomic E-state index is 0.924. The summed E-state index contributed by atoms with van der Waals surface area (Å²) < 4.78 is 2.97. The molecule has 86 valence electrons. The van der Waals surface area contributed by atoms with E-state index < -0.39 is 0 Å². The Hall–Kier alpha value is -0.390. The Labute approximate surface area is 99.8 Å². The molecular formula is C10H19BrN4. The minimum Gasteiger partial charge on any atom is -0.315 e. The molecule has 0 amide bonds. The molecule has 0 aliphatic rings. The first-order valence-corrected chi connectivity index (χ1v) is 6.01. The van der Waals surface area contributed by atoms with Crippen molar-refractivity contribution in [3.63, 3.8) is 0 Å². The maximum atomic E-state index is 4.18. The lowest BCUT2D eigenvalue weighted by molar-refractivity contribution is 0.392. The molecule has 0 saturated heterocycles. The highest BCUT2D eigenvalue weighted by Gasteiger charge is 1.94. The van der Waals surface area contributed by atoms with Gasteiger partial charge < -0.3 is 10.2 Å². The number of rotatable bonds is 7. The highest BCUT2D eigenvalue weighted by Crippen LogP contribution is 2.05. The fourth-order valence-corrected chi connectivity index (χ4v) is 1.63. The SMILES string of the molecule is CN(C)CCCNCCn1cc(Br)cn1. The average Bonchev–Trinajstić information content (AvgIpc) is 2.57. The van der Waals surface area contributed by atoms with Crippen molar-refractivity contribution < 1.29 is 0 Å². The van der Waals surface area contributed by atoms with Crippen molar-refractivity contribution in [2.45, 2.75) is 13.0 Å². The van der Waals surface area contributed by atoms with Gasteiger partial charge in [0.1, 0.15) is 0 Å². The van der Waals surface area contributed by atoms with Crippen LogP contribution in [-0.4, -0.2) is 48.4 Å². The molecule has 0 fully saturated rings. The van der Waals surface area contributed by atoms with Gasteiger partial charge in [0.2, 0.25) is 0 Å². The van der Waals surface area contributed by atoms with Crippen LogP contribution in [0.2, 0.25) is 0 Å². The maximum absolute atomic E-state index is 4.18. The fraction of sp³-hybridized carbons (Fsp3) is 0.700. The standard InChI is InChI=1S/C10H19BrN4/c1-14(2)6-3-4-12-5-7-15-9-10(11)8-13-15/h8-9,12H,3-7H2,1-2H3. The molecule has 0 unspecified atom stereocenters. The van der Waals surface area contributed by atoms with Crippen LogP contribution >= 0.6 is 15.9 Å². The Morgan fingerprint density at radius 1 is 1.47 bits per heavy atom. The van der Waals surface area contributed by atoms with E-state index in [0.29, 0.717) is 0 Å². The highest BCUT2D eigenvalue weighted by molar-refractivity contribution is 9.10. The van der Waals surface area contributed by atoms with E-state index in [1.54, 1.807) is 0 Å². The van der Waals surface area contributed by atoms with Gasteiger partial charge in [-0.2, -0.15) is 5.10 Å². The third kappa shape index (κ3) is 5.92. The van der Waals surface area contributed by atoms with E-state index >= 15 is 0 Å². The van der Waals surface area contributed by atoms with Crippen LogP contribution in [0.5, 0.6) is 0 Å². The summed E-state index contributed by atoms with van der Waals surface area (Å²) in [6.07, 6.45) is 4.99. The van der Waals surface area contributed by atoms with Gasteiger partial charge in [-0.1, -0.05) is 0 Å². The van der Waals surface area contributed by atoms with Gasteiger partial charge in [0.05, 0.1) is 17.2 Å². The number of hydrogen-bond acceptors (Lipinski definition) is 3. The Morgan fingerprint density at radius 2 is 2.27 bits per heavy atom. The van der Waals surface area contributed by atoms with Crippen LogP contribution in [0.4, 0.5) is 0 Å². The largest absolute Gasteiger partial charge is 0.315 e. The number of nitrogens with one attached hydrogen (secondary N) is 1. The summed E-state index contributed by atoms with van der Waals surface area (Å²) in [6.45, 7) is 4.11. The van der Waals surface area contributed by atoms with Gasteiger partial charge in [-0.05, 0) is 49.5 Å². The van der Waals surface area contributed by atoms with Crippen molar-refractivity contribution >= 4 is 15.9 Å². The third-order valence-corrected chi connectivity index (χ3v) is 2.49. The number of hydrogen-bond donors (Lipinski definition) is 1. The monoisotopic (exact) mass is 274 g/mol. The van der Waals surface area contributed by atoms with Gasteiger partial charge in [0.15, 0.2) is 0 Å². The predicted octanol–water partition coefficient (Wildman–Crippen LogP) is 1.19. The molecule has 1 aromatic rings. The molecule has 0 spiro atoms. The van der Waals surface area contributed by atoms with Crippen molar-refractivity contribution in [3.05, 3.63) is 16.9 Å². The second kappa shape index (κ2) is 6.98. The molecule has 0 aliphatic heterocycles. The normalized spacial score (nSPS) is 11.2. The first kappa shape index (κ1) is 12.7. The molecular weight excluding hydrogens is 256 g/mol. The van der Waals surface area contributed by atoms with Gasteiger partial charge in [0, 0.05) is 12.7 Å². The molecule has 1 heterocycles. The summed E-state index contributed by atoms with van der Waals surface area (Å²) in [5.41, 5.74) is 0. The van der Waals surface area contributed by atoms with Crippen LogP contribution in [0.25, 0.3) is 0 Å². The van der Waals surface area contributed by atoms with Crippen molar-refractivity contribution in [2.75, 3.05) is 33.7 Å². The molecule has 1 rings (SSSR count). The molecule has 4 nitrogen and oxygen atoms in total. The van der Waals surface area contributed by atoms with Crippen molar-refractivity contribution in [3.8, 4) is 0 Å². The molecule has 1 aromatic heterocycles. The Balaban J connectivity index is 1.98. The zero-order chi connectivity index (χ0) is 11.1. The predicted molar refractivity (Wildman–Crippen MR) is 66.0 cm³/mol. The van der Waals surface area contributed by atoms with Gasteiger partial charge in [-0.3, -0.25) is 4.68 Å². The molecule has 5 heteroatoms. The van der Waals surface area contributed by atoms with Crippen molar-refractivity contribution in [1.82, 2.24) is 20.0 Å². The summed E-state index contributed by atoms with van der Waals surface area (Å²) in [5, 5.41) is 7.58. The maximum Gasteiger partial charge on any atom is 0.0632 e. The molecule has 0 atom stereocenters. The molecule has 15 heavy (non-hydrogen) atoms. The second-order valence-corrected chi connectivity index (χ2v) is 4.74. The fourth-order valence-electron chi connectivity index (χ4n) is 1.30. The average molecular weight is 275 g/mol. The van der Waals surface area contributed by atoms with E-state index in [2.05, 4.69) is 45.3 Å². The summed E-state index contributed by atoms with van der Waals surface area (Å²) >= 11 is 3.37. The molecule has 1 N–H and O–H groups in total. The molecule has 0 bridgehead atoms. The topological polar surface area (TPSA) is 33.1 Å². The van der Waals surface area contributed by atoms with E-state index in [1.807, 2.05) is 17.1 Å². The Morgan fingerprint density at radius 3 is 2.87 bits per heavy atom. The van der Waals surface area contributed by atoms with Gasteiger partial charge in [-0.15, -0.1) is 0 Å². The van der Waals surface area contributed by atoms with E-state index in [-0.39, 0.29) is 0 Å². The quantitative estimate of drug-likeness (QED) is 0.759. The van der Waals surface area contributed by atoms with Crippen LogP contribution < -0.4 is 5.32 Å². The Bertz CT molecular complexity index is 272. The van der Waals surface area contributed by atoms with Gasteiger partial charge >= 0.3 is 0 Å². The van der Waals surface area contributed by atoms with E-state index in [0.717, 1.165) is 30.7 Å². The summed E-state index contributed by atoms with van der Waals surface area (Å²) in [6, 6.07) is 0. The van der Waals surface area contributed by atoms with Crippen LogP contribution in [-0.2, 0) is 6.54 Å². The Kier molecular flexibility index (Phi) is 5.90. The van der Waals surface area contributed by atoms with Crippen LogP contribution in [0.3, 0.4) is 0 Å². The van der Waals surface area contributed by atoms with Crippen molar-refractivity contribution in [1.29, 1.82) is 0 Å². The number of halogens is 1. The number of nitrogens with zero attached hydrogens (tertiary/aromatic N) is 3.